The molecule has 0 bridgehead atoms. The first-order valence-corrected chi connectivity index (χ1v) is 5.19. The van der Waals surface area contributed by atoms with E-state index in [9.17, 15) is 4.79 Å². The van der Waals surface area contributed by atoms with Gasteiger partial charge in [0.15, 0.2) is 0 Å². The third-order valence-electron chi connectivity index (χ3n) is 2.36. The number of carbonyl (C=O) groups is 1. The van der Waals surface area contributed by atoms with Crippen LogP contribution in [0.1, 0.15) is 47.5 Å². The molecule has 0 aliphatic heterocycles. The maximum Gasteiger partial charge on any atom is 0.308 e. The molecule has 0 saturated carbocycles. The van der Waals surface area contributed by atoms with E-state index >= 15 is 0 Å². The number of hydrogen-bond donors (Lipinski definition) is 0. The van der Waals surface area contributed by atoms with Crippen molar-refractivity contribution in [1.82, 2.24) is 0 Å². The van der Waals surface area contributed by atoms with E-state index in [0.717, 1.165) is 12.8 Å². The van der Waals surface area contributed by atoms with E-state index in [-0.39, 0.29) is 18.0 Å². The summed E-state index contributed by atoms with van der Waals surface area (Å²) in [5, 5.41) is 0. The highest BCUT2D eigenvalue weighted by molar-refractivity contribution is 5.72. The Labute approximate surface area is 81.7 Å². The van der Waals surface area contributed by atoms with Crippen LogP contribution in [-0.2, 0) is 9.53 Å². The number of esters is 1. The summed E-state index contributed by atoms with van der Waals surface area (Å²) in [5.74, 6) is 0.395. The van der Waals surface area contributed by atoms with Crippen molar-refractivity contribution in [3.8, 4) is 0 Å². The van der Waals surface area contributed by atoms with Gasteiger partial charge in [-0.05, 0) is 19.3 Å². The molecule has 0 aromatic carbocycles. The Bertz CT molecular complexity index is 152. The minimum Gasteiger partial charge on any atom is -0.462 e. The molecule has 0 spiro atoms. The molecular weight excluding hydrogens is 164 g/mol. The highest BCUT2D eigenvalue weighted by atomic mass is 16.5. The molecule has 0 amide bonds. The van der Waals surface area contributed by atoms with E-state index in [1.54, 1.807) is 0 Å². The molecule has 78 valence electrons. The van der Waals surface area contributed by atoms with Crippen LogP contribution in [0.5, 0.6) is 0 Å². The summed E-state index contributed by atoms with van der Waals surface area (Å²) in [6.45, 7) is 10.1. The molecule has 2 nitrogen and oxygen atoms in total. The first-order chi connectivity index (χ1) is 5.99. The van der Waals surface area contributed by atoms with Gasteiger partial charge in [-0.3, -0.25) is 4.79 Å². The van der Waals surface area contributed by atoms with Gasteiger partial charge >= 0.3 is 5.97 Å². The van der Waals surface area contributed by atoms with Crippen LogP contribution in [0.15, 0.2) is 0 Å². The van der Waals surface area contributed by atoms with Gasteiger partial charge in [-0.1, -0.05) is 34.1 Å². The van der Waals surface area contributed by atoms with Crippen LogP contribution in [0, 0.1) is 11.8 Å². The summed E-state index contributed by atoms with van der Waals surface area (Å²) < 4.78 is 5.29. The SMILES string of the molecule is CCCC(C)C(=O)OC(C)C(C)C. The summed E-state index contributed by atoms with van der Waals surface area (Å²) in [6, 6.07) is 0. The quantitative estimate of drug-likeness (QED) is 0.617. The van der Waals surface area contributed by atoms with Gasteiger partial charge in [-0.25, -0.2) is 0 Å². The fraction of sp³-hybridized carbons (Fsp3) is 0.909. The van der Waals surface area contributed by atoms with E-state index in [2.05, 4.69) is 20.8 Å². The number of ether oxygens (including phenoxy) is 1. The van der Waals surface area contributed by atoms with Gasteiger partial charge in [-0.2, -0.15) is 0 Å². The monoisotopic (exact) mass is 186 g/mol. The summed E-state index contributed by atoms with van der Waals surface area (Å²) in [4.78, 5) is 11.4. The summed E-state index contributed by atoms with van der Waals surface area (Å²) in [5.41, 5.74) is 0. The molecule has 0 rings (SSSR count). The van der Waals surface area contributed by atoms with Crippen molar-refractivity contribution in [3.63, 3.8) is 0 Å². The molecule has 2 atom stereocenters. The third-order valence-corrected chi connectivity index (χ3v) is 2.36. The van der Waals surface area contributed by atoms with Gasteiger partial charge in [0.25, 0.3) is 0 Å². The standard InChI is InChI=1S/C11H22O2/c1-6-7-9(4)11(12)13-10(5)8(2)3/h8-10H,6-7H2,1-5H3. The van der Waals surface area contributed by atoms with Gasteiger partial charge < -0.3 is 4.74 Å². The van der Waals surface area contributed by atoms with Gasteiger partial charge in [-0.15, -0.1) is 0 Å². The smallest absolute Gasteiger partial charge is 0.308 e. The van der Waals surface area contributed by atoms with E-state index < -0.39 is 0 Å². The first-order valence-electron chi connectivity index (χ1n) is 5.19. The minimum atomic E-state index is -0.0527. The molecule has 13 heavy (non-hydrogen) atoms. The van der Waals surface area contributed by atoms with Crippen LogP contribution < -0.4 is 0 Å². The minimum absolute atomic E-state index is 0.0341. The zero-order valence-electron chi connectivity index (χ0n) is 9.46. The molecule has 0 aromatic rings. The van der Waals surface area contributed by atoms with Crippen LogP contribution in [0.3, 0.4) is 0 Å². The maximum absolute atomic E-state index is 11.4. The second kappa shape index (κ2) is 6.01. The zero-order chi connectivity index (χ0) is 10.4. The molecule has 0 aromatic heterocycles. The third kappa shape index (κ3) is 4.91. The molecule has 0 radical (unpaired) electrons. The Morgan fingerprint density at radius 1 is 1.23 bits per heavy atom. The van der Waals surface area contributed by atoms with Crippen LogP contribution in [-0.4, -0.2) is 12.1 Å². The van der Waals surface area contributed by atoms with Crippen molar-refractivity contribution in [2.75, 3.05) is 0 Å². The molecule has 0 aliphatic rings. The average Bonchev–Trinajstić information content (AvgIpc) is 2.04. The van der Waals surface area contributed by atoms with Crippen LogP contribution in [0.2, 0.25) is 0 Å². The maximum atomic E-state index is 11.4. The van der Waals surface area contributed by atoms with Gasteiger partial charge in [0.05, 0.1) is 5.92 Å². The topological polar surface area (TPSA) is 26.3 Å². The van der Waals surface area contributed by atoms with Crippen molar-refractivity contribution in [3.05, 3.63) is 0 Å². The Balaban J connectivity index is 3.85. The first kappa shape index (κ1) is 12.5. The van der Waals surface area contributed by atoms with E-state index in [1.165, 1.54) is 0 Å². The lowest BCUT2D eigenvalue weighted by Crippen LogP contribution is -2.24. The Kier molecular flexibility index (Phi) is 5.76. The van der Waals surface area contributed by atoms with Crippen molar-refractivity contribution in [1.29, 1.82) is 0 Å². The van der Waals surface area contributed by atoms with E-state index in [0.29, 0.717) is 5.92 Å². The van der Waals surface area contributed by atoms with Crippen molar-refractivity contribution >= 4 is 5.97 Å². The van der Waals surface area contributed by atoms with Gasteiger partial charge in [0, 0.05) is 0 Å². The van der Waals surface area contributed by atoms with Gasteiger partial charge in [0.1, 0.15) is 6.10 Å². The van der Waals surface area contributed by atoms with E-state index in [1.807, 2.05) is 13.8 Å². The van der Waals surface area contributed by atoms with E-state index in [4.69, 9.17) is 4.74 Å². The zero-order valence-corrected chi connectivity index (χ0v) is 9.46. The normalized spacial score (nSPS) is 15.5. The number of rotatable bonds is 5. The second-order valence-corrected chi connectivity index (χ2v) is 4.08. The van der Waals surface area contributed by atoms with Crippen LogP contribution >= 0.6 is 0 Å². The molecule has 0 aliphatic carbocycles. The van der Waals surface area contributed by atoms with Crippen molar-refractivity contribution in [2.24, 2.45) is 11.8 Å². The highest BCUT2D eigenvalue weighted by Crippen LogP contribution is 2.12. The predicted octanol–water partition coefficient (Wildman–Crippen LogP) is 3.01. The summed E-state index contributed by atoms with van der Waals surface area (Å²) >= 11 is 0. The lowest BCUT2D eigenvalue weighted by molar-refractivity contribution is -0.154. The summed E-state index contributed by atoms with van der Waals surface area (Å²) in [7, 11) is 0. The lowest BCUT2D eigenvalue weighted by atomic mass is 10.1. The summed E-state index contributed by atoms with van der Waals surface area (Å²) in [6.07, 6.45) is 1.99. The van der Waals surface area contributed by atoms with Crippen LogP contribution in [0.25, 0.3) is 0 Å². The molecule has 0 fully saturated rings. The van der Waals surface area contributed by atoms with Crippen LogP contribution in [0.4, 0.5) is 0 Å². The molecule has 0 heterocycles. The largest absolute Gasteiger partial charge is 0.462 e. The number of carbonyl (C=O) groups excluding carboxylic acids is 1. The number of hydrogen-bond acceptors (Lipinski definition) is 2. The molecule has 0 saturated heterocycles. The molecule has 2 heteroatoms. The Hall–Kier alpha value is -0.530. The highest BCUT2D eigenvalue weighted by Gasteiger charge is 2.17. The van der Waals surface area contributed by atoms with Crippen molar-refractivity contribution < 1.29 is 9.53 Å². The second-order valence-electron chi connectivity index (χ2n) is 4.08. The average molecular weight is 186 g/mol. The Morgan fingerprint density at radius 2 is 1.77 bits per heavy atom. The fourth-order valence-corrected chi connectivity index (χ4v) is 0.986. The fourth-order valence-electron chi connectivity index (χ4n) is 0.986. The Morgan fingerprint density at radius 3 is 2.15 bits per heavy atom. The predicted molar refractivity (Wildman–Crippen MR) is 54.5 cm³/mol. The molecule has 2 unspecified atom stereocenters. The molecule has 0 N–H and O–H groups in total. The van der Waals surface area contributed by atoms with Crippen molar-refractivity contribution in [2.45, 2.75) is 53.6 Å². The molecular formula is C11H22O2. The lowest BCUT2D eigenvalue weighted by Gasteiger charge is -2.19. The van der Waals surface area contributed by atoms with Gasteiger partial charge in [0.2, 0.25) is 0 Å².